The Morgan fingerprint density at radius 2 is 1.74 bits per heavy atom. The van der Waals surface area contributed by atoms with Gasteiger partial charge in [0.05, 0.1) is 12.9 Å². The molecule has 1 atom stereocenters. The molecule has 0 amide bonds. The van der Waals surface area contributed by atoms with E-state index in [4.69, 9.17) is 4.74 Å². The van der Waals surface area contributed by atoms with Crippen molar-refractivity contribution in [2.75, 3.05) is 6.61 Å². The van der Waals surface area contributed by atoms with Gasteiger partial charge in [-0.25, -0.2) is 0 Å². The van der Waals surface area contributed by atoms with E-state index < -0.39 is 0 Å². The number of benzene rings is 1. The summed E-state index contributed by atoms with van der Waals surface area (Å²) in [6.45, 7) is 7.74. The summed E-state index contributed by atoms with van der Waals surface area (Å²) in [6.07, 6.45) is 9.00. The maximum atomic E-state index is 5.56. The molecule has 0 bridgehead atoms. The minimum absolute atomic E-state index is 0.767. The summed E-state index contributed by atoms with van der Waals surface area (Å²) < 4.78 is 5.56. The minimum atomic E-state index is 0.767. The Morgan fingerprint density at radius 1 is 1.00 bits per heavy atom. The average molecular weight is 260 g/mol. The van der Waals surface area contributed by atoms with E-state index in [2.05, 4.69) is 32.9 Å². The van der Waals surface area contributed by atoms with Gasteiger partial charge in [0.15, 0.2) is 0 Å². The van der Waals surface area contributed by atoms with Crippen molar-refractivity contribution in [2.45, 2.75) is 46.5 Å². The maximum absolute atomic E-state index is 5.56. The van der Waals surface area contributed by atoms with Gasteiger partial charge >= 0.3 is 0 Å². The topological polar surface area (TPSA) is 9.23 Å². The Kier molecular flexibility index (Phi) is 8.04. The van der Waals surface area contributed by atoms with Crippen molar-refractivity contribution in [2.24, 2.45) is 11.8 Å². The fourth-order valence-corrected chi connectivity index (χ4v) is 2.05. The Balaban J connectivity index is 2.05. The van der Waals surface area contributed by atoms with Crippen molar-refractivity contribution < 1.29 is 4.74 Å². The first-order chi connectivity index (χ1) is 9.18. The van der Waals surface area contributed by atoms with E-state index in [9.17, 15) is 0 Å². The van der Waals surface area contributed by atoms with E-state index in [0.717, 1.165) is 24.9 Å². The first kappa shape index (κ1) is 15.8. The molecule has 0 aliphatic heterocycles. The molecule has 19 heavy (non-hydrogen) atoms. The highest BCUT2D eigenvalue weighted by atomic mass is 16.5. The van der Waals surface area contributed by atoms with Crippen LogP contribution in [0.25, 0.3) is 6.08 Å². The molecule has 1 nitrogen and oxygen atoms in total. The molecule has 0 saturated carbocycles. The molecule has 0 fully saturated rings. The first-order valence-electron chi connectivity index (χ1n) is 7.51. The quantitative estimate of drug-likeness (QED) is 0.419. The summed E-state index contributed by atoms with van der Waals surface area (Å²) in [4.78, 5) is 0. The third-order valence-electron chi connectivity index (χ3n) is 3.36. The third-order valence-corrected chi connectivity index (χ3v) is 3.36. The Bertz CT molecular complexity index is 340. The van der Waals surface area contributed by atoms with Crippen molar-refractivity contribution in [3.05, 3.63) is 42.2 Å². The van der Waals surface area contributed by atoms with Gasteiger partial charge < -0.3 is 4.74 Å². The van der Waals surface area contributed by atoms with Crippen molar-refractivity contribution >= 4 is 6.08 Å². The summed E-state index contributed by atoms with van der Waals surface area (Å²) >= 11 is 0. The third kappa shape index (κ3) is 8.47. The van der Waals surface area contributed by atoms with Crippen LogP contribution in [0.15, 0.2) is 36.6 Å². The van der Waals surface area contributed by atoms with Gasteiger partial charge in [0.1, 0.15) is 0 Å². The molecule has 0 heterocycles. The van der Waals surface area contributed by atoms with Crippen LogP contribution in [0.1, 0.15) is 52.0 Å². The van der Waals surface area contributed by atoms with Gasteiger partial charge in [-0.05, 0) is 29.9 Å². The largest absolute Gasteiger partial charge is 0.501 e. The van der Waals surface area contributed by atoms with E-state index in [1.165, 1.54) is 24.8 Å². The Morgan fingerprint density at radius 3 is 2.42 bits per heavy atom. The van der Waals surface area contributed by atoms with Gasteiger partial charge in [0.25, 0.3) is 0 Å². The molecule has 0 spiro atoms. The second-order valence-electron chi connectivity index (χ2n) is 5.80. The summed E-state index contributed by atoms with van der Waals surface area (Å²) in [5.74, 6) is 1.60. The molecule has 1 rings (SSSR count). The van der Waals surface area contributed by atoms with Crippen molar-refractivity contribution in [1.29, 1.82) is 0 Å². The molecular weight excluding hydrogens is 232 g/mol. The van der Waals surface area contributed by atoms with Crippen molar-refractivity contribution in [3.63, 3.8) is 0 Å². The molecule has 106 valence electrons. The van der Waals surface area contributed by atoms with Crippen LogP contribution < -0.4 is 0 Å². The van der Waals surface area contributed by atoms with Gasteiger partial charge in [-0.3, -0.25) is 0 Å². The van der Waals surface area contributed by atoms with E-state index in [0.29, 0.717) is 0 Å². The predicted molar refractivity (Wildman–Crippen MR) is 83.9 cm³/mol. The second-order valence-corrected chi connectivity index (χ2v) is 5.80. The lowest BCUT2D eigenvalue weighted by atomic mass is 9.98. The van der Waals surface area contributed by atoms with Crippen LogP contribution in [0.3, 0.4) is 0 Å². The van der Waals surface area contributed by atoms with Crippen LogP contribution in [-0.2, 0) is 4.74 Å². The highest BCUT2D eigenvalue weighted by Crippen LogP contribution is 2.15. The van der Waals surface area contributed by atoms with Crippen LogP contribution in [0.4, 0.5) is 0 Å². The molecule has 1 heteroatoms. The summed E-state index contributed by atoms with van der Waals surface area (Å²) in [6, 6.07) is 10.3. The second kappa shape index (κ2) is 9.66. The fourth-order valence-electron chi connectivity index (χ4n) is 2.05. The Labute approximate surface area is 118 Å². The van der Waals surface area contributed by atoms with Crippen LogP contribution in [0, 0.1) is 11.8 Å². The summed E-state index contributed by atoms with van der Waals surface area (Å²) in [7, 11) is 0. The minimum Gasteiger partial charge on any atom is -0.501 e. The predicted octanol–water partition coefficient (Wildman–Crippen LogP) is 5.53. The molecule has 0 aliphatic rings. The molecule has 0 saturated heterocycles. The highest BCUT2D eigenvalue weighted by molar-refractivity contribution is 5.47. The van der Waals surface area contributed by atoms with E-state index in [1.54, 1.807) is 0 Å². The zero-order valence-corrected chi connectivity index (χ0v) is 12.6. The van der Waals surface area contributed by atoms with Gasteiger partial charge in [0, 0.05) is 0 Å². The SMILES string of the molecule is CC(C)CCCC(C)CCOC=Cc1ccccc1. The molecule has 0 aliphatic carbocycles. The van der Waals surface area contributed by atoms with Gasteiger partial charge in [-0.2, -0.15) is 0 Å². The molecule has 0 radical (unpaired) electrons. The van der Waals surface area contributed by atoms with E-state index in [1.807, 2.05) is 30.5 Å². The van der Waals surface area contributed by atoms with Gasteiger partial charge in [-0.1, -0.05) is 70.4 Å². The number of ether oxygens (including phenoxy) is 1. The van der Waals surface area contributed by atoms with Gasteiger partial charge in [-0.15, -0.1) is 0 Å². The van der Waals surface area contributed by atoms with Crippen molar-refractivity contribution in [3.8, 4) is 0 Å². The molecule has 0 N–H and O–H groups in total. The first-order valence-corrected chi connectivity index (χ1v) is 7.51. The van der Waals surface area contributed by atoms with Crippen molar-refractivity contribution in [1.82, 2.24) is 0 Å². The van der Waals surface area contributed by atoms with Crippen LogP contribution >= 0.6 is 0 Å². The molecule has 0 aromatic heterocycles. The van der Waals surface area contributed by atoms with Crippen LogP contribution in [0.2, 0.25) is 0 Å². The number of hydrogen-bond acceptors (Lipinski definition) is 1. The van der Waals surface area contributed by atoms with E-state index >= 15 is 0 Å². The lowest BCUT2D eigenvalue weighted by Gasteiger charge is -2.11. The standard InChI is InChI=1S/C18H28O/c1-16(2)8-7-9-17(3)12-14-19-15-13-18-10-5-4-6-11-18/h4-6,10-11,13,15-17H,7-9,12,14H2,1-3H3. The molecule has 1 unspecified atom stereocenters. The van der Waals surface area contributed by atoms with Crippen LogP contribution in [-0.4, -0.2) is 6.61 Å². The lowest BCUT2D eigenvalue weighted by Crippen LogP contribution is -2.00. The van der Waals surface area contributed by atoms with Gasteiger partial charge in [0.2, 0.25) is 0 Å². The monoisotopic (exact) mass is 260 g/mol. The Hall–Kier alpha value is -1.24. The molecule has 1 aromatic carbocycles. The lowest BCUT2D eigenvalue weighted by molar-refractivity contribution is 0.223. The molecular formula is C18H28O. The number of rotatable bonds is 9. The zero-order valence-electron chi connectivity index (χ0n) is 12.6. The summed E-state index contributed by atoms with van der Waals surface area (Å²) in [5.41, 5.74) is 1.19. The maximum Gasteiger partial charge on any atom is 0.0875 e. The van der Waals surface area contributed by atoms with Crippen LogP contribution in [0.5, 0.6) is 0 Å². The fraction of sp³-hybridized carbons (Fsp3) is 0.556. The number of hydrogen-bond donors (Lipinski definition) is 0. The smallest absolute Gasteiger partial charge is 0.0875 e. The summed E-state index contributed by atoms with van der Waals surface area (Å²) in [5, 5.41) is 0. The average Bonchev–Trinajstić information content (AvgIpc) is 2.39. The molecule has 1 aromatic rings. The van der Waals surface area contributed by atoms with E-state index in [-0.39, 0.29) is 0 Å². The highest BCUT2D eigenvalue weighted by Gasteiger charge is 2.02. The zero-order chi connectivity index (χ0) is 13.9. The normalized spacial score (nSPS) is 13.1.